The van der Waals surface area contributed by atoms with Crippen LogP contribution in [0, 0.1) is 11.2 Å². The van der Waals surface area contributed by atoms with Crippen molar-refractivity contribution in [3.63, 3.8) is 0 Å². The minimum absolute atomic E-state index is 0.206. The number of imidazole rings is 1. The van der Waals surface area contributed by atoms with E-state index >= 15 is 0 Å². The van der Waals surface area contributed by atoms with Gasteiger partial charge in [0, 0.05) is 45.0 Å². The molecular weight excluding hydrogens is 460 g/mol. The summed E-state index contributed by atoms with van der Waals surface area (Å²) in [5.74, 6) is 0.332. The number of nitrogens with zero attached hydrogens (tertiary/aromatic N) is 4. The van der Waals surface area contributed by atoms with Crippen LogP contribution in [0.15, 0.2) is 60.8 Å². The number of hydrogen-bond acceptors (Lipinski definition) is 3. The summed E-state index contributed by atoms with van der Waals surface area (Å²) in [7, 11) is 3.39. The second-order valence-corrected chi connectivity index (χ2v) is 10.5. The van der Waals surface area contributed by atoms with Gasteiger partial charge in [-0.2, -0.15) is 0 Å². The number of benzene rings is 2. The average Bonchev–Trinajstić information content (AvgIpc) is 3.23. The fourth-order valence-corrected chi connectivity index (χ4v) is 4.31. The Morgan fingerprint density at radius 1 is 1.11 bits per heavy atom. The van der Waals surface area contributed by atoms with Gasteiger partial charge in [0.15, 0.2) is 0 Å². The molecule has 6 nitrogen and oxygen atoms in total. The minimum Gasteiger partial charge on any atom is -0.331 e. The summed E-state index contributed by atoms with van der Waals surface area (Å²) in [6.45, 7) is 6.29. The number of halogens is 2. The lowest BCUT2D eigenvalue weighted by Gasteiger charge is -2.41. The van der Waals surface area contributed by atoms with Crippen molar-refractivity contribution in [2.24, 2.45) is 11.1 Å². The highest BCUT2D eigenvalue weighted by molar-refractivity contribution is 5.74. The Kier molecular flexibility index (Phi) is 8.84. The van der Waals surface area contributed by atoms with E-state index in [-0.39, 0.29) is 18.4 Å². The number of aromatic nitrogens is 2. The zero-order valence-corrected chi connectivity index (χ0v) is 21.8. The molecule has 36 heavy (non-hydrogen) atoms. The first-order chi connectivity index (χ1) is 17.0. The highest BCUT2D eigenvalue weighted by Gasteiger charge is 2.39. The molecule has 1 unspecified atom stereocenters. The molecule has 0 fully saturated rings. The van der Waals surface area contributed by atoms with E-state index in [2.05, 4.69) is 0 Å². The van der Waals surface area contributed by atoms with Crippen molar-refractivity contribution in [2.75, 3.05) is 27.3 Å². The van der Waals surface area contributed by atoms with E-state index in [4.69, 9.17) is 10.7 Å². The quantitative estimate of drug-likeness (QED) is 0.425. The third-order valence-corrected chi connectivity index (χ3v) is 6.07. The normalized spacial score (nSPS) is 13.3. The van der Waals surface area contributed by atoms with E-state index in [1.165, 1.54) is 17.0 Å². The largest absolute Gasteiger partial charge is 0.331 e. The molecule has 0 aliphatic rings. The summed E-state index contributed by atoms with van der Waals surface area (Å²) in [5.41, 5.74) is 7.80. The first-order valence-electron chi connectivity index (χ1n) is 12.2. The number of rotatable bonds is 9. The van der Waals surface area contributed by atoms with E-state index in [9.17, 15) is 13.6 Å². The lowest BCUT2D eigenvalue weighted by Crippen LogP contribution is -2.48. The van der Waals surface area contributed by atoms with E-state index in [1.807, 2.05) is 67.9 Å². The van der Waals surface area contributed by atoms with Crippen LogP contribution in [0.1, 0.15) is 44.6 Å². The Balaban J connectivity index is 2.17. The van der Waals surface area contributed by atoms with Crippen LogP contribution in [0.5, 0.6) is 0 Å². The number of carbonyl (C=O) groups excluding carboxylic acids is 1. The topological polar surface area (TPSA) is 67.4 Å². The van der Waals surface area contributed by atoms with Gasteiger partial charge in [-0.3, -0.25) is 0 Å². The van der Waals surface area contributed by atoms with Gasteiger partial charge < -0.3 is 20.1 Å². The van der Waals surface area contributed by atoms with E-state index < -0.39 is 24.2 Å². The molecule has 0 radical (unpaired) electrons. The fraction of sp³-hybridized carbons (Fsp3) is 0.429. The van der Waals surface area contributed by atoms with E-state index in [1.54, 1.807) is 25.1 Å². The van der Waals surface area contributed by atoms with Gasteiger partial charge in [-0.25, -0.2) is 18.6 Å². The zero-order chi connectivity index (χ0) is 26.5. The smallest absolute Gasteiger partial charge is 0.320 e. The van der Waals surface area contributed by atoms with Gasteiger partial charge >= 0.3 is 6.03 Å². The highest BCUT2D eigenvalue weighted by atomic mass is 19.1. The maximum absolute atomic E-state index is 14.1. The SMILES string of the molecule is CN(C)C(=O)N(CCC(N)CF)[C@@H](c1nc(-c2cccc(F)c2)cn1Cc1ccccc1)C(C)(C)C. The van der Waals surface area contributed by atoms with Gasteiger partial charge in [0.2, 0.25) is 0 Å². The summed E-state index contributed by atoms with van der Waals surface area (Å²) in [4.78, 5) is 21.6. The van der Waals surface area contributed by atoms with Crippen LogP contribution in [0.3, 0.4) is 0 Å². The van der Waals surface area contributed by atoms with Crippen molar-refractivity contribution in [3.05, 3.63) is 78.0 Å². The zero-order valence-electron chi connectivity index (χ0n) is 21.8. The molecule has 0 spiro atoms. The van der Waals surface area contributed by atoms with Crippen LogP contribution in [0.25, 0.3) is 11.3 Å². The second kappa shape index (κ2) is 11.6. The monoisotopic (exact) mass is 497 g/mol. The summed E-state index contributed by atoms with van der Waals surface area (Å²) in [6, 6.07) is 15.0. The maximum atomic E-state index is 14.1. The van der Waals surface area contributed by atoms with Crippen LogP contribution in [0.2, 0.25) is 0 Å². The number of urea groups is 1. The lowest BCUT2D eigenvalue weighted by molar-refractivity contribution is 0.0899. The van der Waals surface area contributed by atoms with Crippen molar-refractivity contribution in [2.45, 2.75) is 45.8 Å². The second-order valence-electron chi connectivity index (χ2n) is 10.5. The first-order valence-corrected chi connectivity index (χ1v) is 12.2. The molecule has 8 heteroatoms. The molecule has 2 amide bonds. The molecule has 194 valence electrons. The molecule has 0 bridgehead atoms. The van der Waals surface area contributed by atoms with Gasteiger partial charge in [-0.15, -0.1) is 0 Å². The number of nitrogens with two attached hydrogens (primary N) is 1. The third-order valence-electron chi connectivity index (χ3n) is 6.07. The molecule has 0 aliphatic carbocycles. The van der Waals surface area contributed by atoms with Crippen molar-refractivity contribution >= 4 is 6.03 Å². The van der Waals surface area contributed by atoms with Gasteiger partial charge in [0.25, 0.3) is 0 Å². The van der Waals surface area contributed by atoms with Crippen LogP contribution < -0.4 is 5.73 Å². The number of alkyl halides is 1. The minimum atomic E-state index is -0.657. The number of hydrogen-bond donors (Lipinski definition) is 1. The predicted molar refractivity (Wildman–Crippen MR) is 140 cm³/mol. The van der Waals surface area contributed by atoms with Crippen molar-refractivity contribution in [1.29, 1.82) is 0 Å². The molecular formula is C28H37F2N5O. The number of amides is 2. The molecule has 0 saturated heterocycles. The van der Waals surface area contributed by atoms with Crippen LogP contribution >= 0.6 is 0 Å². The highest BCUT2D eigenvalue weighted by Crippen LogP contribution is 2.39. The fourth-order valence-electron chi connectivity index (χ4n) is 4.31. The Hall–Kier alpha value is -3.26. The van der Waals surface area contributed by atoms with Gasteiger partial charge in [0.1, 0.15) is 18.3 Å². The maximum Gasteiger partial charge on any atom is 0.320 e. The van der Waals surface area contributed by atoms with Gasteiger partial charge in [-0.1, -0.05) is 63.2 Å². The van der Waals surface area contributed by atoms with Crippen LogP contribution in [0.4, 0.5) is 13.6 Å². The Labute approximate surface area is 212 Å². The van der Waals surface area contributed by atoms with E-state index in [0.29, 0.717) is 30.0 Å². The third kappa shape index (κ3) is 6.69. The molecule has 3 aromatic rings. The molecule has 1 heterocycles. The number of carbonyl (C=O) groups is 1. The van der Waals surface area contributed by atoms with E-state index in [0.717, 1.165) is 5.56 Å². The summed E-state index contributed by atoms with van der Waals surface area (Å²) in [6.07, 6.45) is 2.22. The molecule has 3 rings (SSSR count). The average molecular weight is 498 g/mol. The molecule has 0 aliphatic heterocycles. The Morgan fingerprint density at radius 2 is 1.81 bits per heavy atom. The summed E-state index contributed by atoms with van der Waals surface area (Å²) in [5, 5.41) is 0. The first kappa shape index (κ1) is 27.3. The molecule has 2 aromatic carbocycles. The van der Waals surface area contributed by atoms with Crippen LogP contribution in [-0.4, -0.2) is 58.7 Å². The van der Waals surface area contributed by atoms with Crippen LogP contribution in [-0.2, 0) is 6.54 Å². The lowest BCUT2D eigenvalue weighted by atomic mass is 9.84. The predicted octanol–water partition coefficient (Wildman–Crippen LogP) is 5.50. The molecule has 1 aromatic heterocycles. The van der Waals surface area contributed by atoms with Crippen molar-refractivity contribution < 1.29 is 13.6 Å². The standard InChI is InChI=1S/C28H37F2N5O/c1-28(2,3)25(35(27(36)33(4)5)15-14-23(31)17-29)26-32-24(21-12-9-13-22(30)16-21)19-34(26)18-20-10-7-6-8-11-20/h6-13,16,19,23,25H,14-15,17-18,31H2,1-5H3/t23?,25-/m0/s1. The molecule has 2 N–H and O–H groups in total. The van der Waals surface area contributed by atoms with Crippen molar-refractivity contribution in [3.8, 4) is 11.3 Å². The molecule has 2 atom stereocenters. The van der Waals surface area contributed by atoms with Gasteiger partial charge in [-0.05, 0) is 29.5 Å². The summed E-state index contributed by atoms with van der Waals surface area (Å²) < 4.78 is 29.3. The Morgan fingerprint density at radius 3 is 2.39 bits per heavy atom. The molecule has 0 saturated carbocycles. The summed E-state index contributed by atoms with van der Waals surface area (Å²) >= 11 is 0. The van der Waals surface area contributed by atoms with Gasteiger partial charge in [0.05, 0.1) is 11.7 Å². The van der Waals surface area contributed by atoms with Crippen molar-refractivity contribution in [1.82, 2.24) is 19.4 Å². The Bertz CT molecular complexity index is 1140.